The number of rotatable bonds is 10. The summed E-state index contributed by atoms with van der Waals surface area (Å²) in [5, 5.41) is 5.38. The molecule has 0 heterocycles. The first-order valence-corrected chi connectivity index (χ1v) is 12.4. The minimum Gasteiger partial charge on any atom is -0.444 e. The molecule has 0 saturated heterocycles. The monoisotopic (exact) mass is 532 g/mol. The minimum absolute atomic E-state index is 0.149. The van der Waals surface area contributed by atoms with Gasteiger partial charge in [-0.1, -0.05) is 55.5 Å². The van der Waals surface area contributed by atoms with Crippen LogP contribution in [0.4, 0.5) is 10.5 Å². The molecule has 0 aromatic heterocycles. The number of aryl methyl sites for hydroxylation is 2. The quantitative estimate of drug-likeness (QED) is 0.312. The number of hydrogen-bond donors (Lipinski definition) is 3. The van der Waals surface area contributed by atoms with Gasteiger partial charge < -0.3 is 21.1 Å². The van der Waals surface area contributed by atoms with E-state index in [1.54, 1.807) is 51.1 Å². The molecule has 2 unspecified atom stereocenters. The number of carbonyl (C=O) groups is 4. The van der Waals surface area contributed by atoms with Gasteiger partial charge in [-0.2, -0.15) is 0 Å². The molecule has 0 saturated carbocycles. The molecule has 0 spiro atoms. The van der Waals surface area contributed by atoms with Crippen LogP contribution in [0.1, 0.15) is 61.9 Å². The first-order chi connectivity index (χ1) is 18.3. The highest BCUT2D eigenvalue weighted by atomic mass is 16.6. The maximum absolute atomic E-state index is 13.8. The molecule has 2 atom stereocenters. The third-order valence-electron chi connectivity index (χ3n) is 5.74. The van der Waals surface area contributed by atoms with Gasteiger partial charge in [0.1, 0.15) is 17.7 Å². The number of primary amides is 1. The molecule has 206 valence electrons. The lowest BCUT2D eigenvalue weighted by Crippen LogP contribution is -2.51. The third kappa shape index (κ3) is 8.75. The van der Waals surface area contributed by atoms with Gasteiger partial charge in [-0.15, -0.1) is 0 Å². The maximum atomic E-state index is 13.8. The maximum Gasteiger partial charge on any atom is 0.408 e. The number of carbonyl (C=O) groups excluding carboxylic acids is 4. The van der Waals surface area contributed by atoms with E-state index < -0.39 is 41.5 Å². The minimum atomic E-state index is -1.29. The number of alkyl carbamates (subject to hydrolysis) is 1. The summed E-state index contributed by atoms with van der Waals surface area (Å²) in [4.78, 5) is 52.6. The van der Waals surface area contributed by atoms with Gasteiger partial charge in [0, 0.05) is 18.2 Å². The molecule has 0 fully saturated rings. The number of nitrogens with zero attached hydrogens (tertiary/aromatic N) is 1. The summed E-state index contributed by atoms with van der Waals surface area (Å²) >= 11 is 0. The van der Waals surface area contributed by atoms with Crippen molar-refractivity contribution in [1.82, 2.24) is 10.2 Å². The number of para-hydroxylation sites is 1. The molecule has 2 aromatic carbocycles. The summed E-state index contributed by atoms with van der Waals surface area (Å²) in [6.45, 7) is 12.5. The van der Waals surface area contributed by atoms with Gasteiger partial charge in [0.15, 0.2) is 0 Å². The molecular formula is C30H36N4O5. The highest BCUT2D eigenvalue weighted by Crippen LogP contribution is 2.27. The zero-order valence-electron chi connectivity index (χ0n) is 23.0. The lowest BCUT2D eigenvalue weighted by Gasteiger charge is -2.30. The van der Waals surface area contributed by atoms with Crippen LogP contribution in [-0.2, 0) is 19.1 Å². The Labute approximate surface area is 229 Å². The van der Waals surface area contributed by atoms with Gasteiger partial charge in [-0.25, -0.2) is 4.79 Å². The highest BCUT2D eigenvalue weighted by Gasteiger charge is 2.36. The van der Waals surface area contributed by atoms with Crippen molar-refractivity contribution < 1.29 is 23.9 Å². The number of nitrogens with two attached hydrogens (primary N) is 1. The number of benzene rings is 2. The second-order valence-electron chi connectivity index (χ2n) is 10.1. The van der Waals surface area contributed by atoms with E-state index in [1.165, 1.54) is 0 Å². The van der Waals surface area contributed by atoms with Crippen LogP contribution >= 0.6 is 0 Å². The second-order valence-corrected chi connectivity index (χ2v) is 10.1. The lowest BCUT2D eigenvalue weighted by atomic mass is 9.99. The molecule has 0 aliphatic carbocycles. The predicted molar refractivity (Wildman–Crippen MR) is 151 cm³/mol. The van der Waals surface area contributed by atoms with Crippen molar-refractivity contribution in [3.8, 4) is 12.5 Å². The number of hydrogen-bond acceptors (Lipinski definition) is 5. The Balaban J connectivity index is 2.55. The Hall–Kier alpha value is -4.58. The molecule has 0 radical (unpaired) electrons. The van der Waals surface area contributed by atoms with Crippen molar-refractivity contribution in [2.75, 3.05) is 5.32 Å². The van der Waals surface area contributed by atoms with E-state index in [9.17, 15) is 19.2 Å². The fourth-order valence-electron chi connectivity index (χ4n) is 3.90. The van der Waals surface area contributed by atoms with Crippen LogP contribution in [0.25, 0.3) is 6.08 Å². The smallest absolute Gasteiger partial charge is 0.408 e. The molecule has 0 aliphatic rings. The van der Waals surface area contributed by atoms with Gasteiger partial charge in [-0.05, 0) is 69.4 Å². The molecule has 9 heteroatoms. The Morgan fingerprint density at radius 2 is 1.74 bits per heavy atom. The molecule has 39 heavy (non-hydrogen) atoms. The summed E-state index contributed by atoms with van der Waals surface area (Å²) in [5.74, 6) is -2.02. The summed E-state index contributed by atoms with van der Waals surface area (Å²) in [5.41, 5.74) is 7.84. The van der Waals surface area contributed by atoms with Gasteiger partial charge in [0.2, 0.25) is 5.91 Å². The van der Waals surface area contributed by atoms with E-state index in [-0.39, 0.29) is 12.8 Å². The van der Waals surface area contributed by atoms with Gasteiger partial charge in [-0.3, -0.25) is 19.3 Å². The second kappa shape index (κ2) is 13.3. The Kier molecular flexibility index (Phi) is 10.4. The predicted octanol–water partition coefficient (Wildman–Crippen LogP) is 4.20. The van der Waals surface area contributed by atoms with Crippen LogP contribution in [-0.4, -0.2) is 40.4 Å². The number of amides is 4. The molecule has 2 aromatic rings. The summed E-state index contributed by atoms with van der Waals surface area (Å²) in [7, 11) is 0. The first kappa shape index (κ1) is 30.6. The van der Waals surface area contributed by atoms with E-state index in [0.717, 1.165) is 16.0 Å². The van der Waals surface area contributed by atoms with Crippen LogP contribution in [0, 0.1) is 26.3 Å². The van der Waals surface area contributed by atoms with Crippen LogP contribution < -0.4 is 16.4 Å². The Bertz CT molecular complexity index is 1270. The third-order valence-corrected chi connectivity index (χ3v) is 5.74. The molecule has 9 nitrogen and oxygen atoms in total. The van der Waals surface area contributed by atoms with Gasteiger partial charge in [0.25, 0.3) is 11.8 Å². The largest absolute Gasteiger partial charge is 0.444 e. The average molecular weight is 533 g/mol. The van der Waals surface area contributed by atoms with Crippen LogP contribution in [0.2, 0.25) is 0 Å². The Morgan fingerprint density at radius 1 is 1.13 bits per heavy atom. The highest BCUT2D eigenvalue weighted by molar-refractivity contribution is 6.00. The normalized spacial score (nSPS) is 12.3. The van der Waals surface area contributed by atoms with Crippen molar-refractivity contribution in [2.24, 2.45) is 5.73 Å². The zero-order chi connectivity index (χ0) is 29.3. The lowest BCUT2D eigenvalue weighted by molar-refractivity contribution is -0.137. The molecule has 4 amide bonds. The number of terminal acetylenes is 1. The van der Waals surface area contributed by atoms with Crippen molar-refractivity contribution in [3.63, 3.8) is 0 Å². The van der Waals surface area contributed by atoms with Crippen molar-refractivity contribution in [2.45, 2.75) is 65.1 Å². The van der Waals surface area contributed by atoms with E-state index in [4.69, 9.17) is 16.9 Å². The van der Waals surface area contributed by atoms with Gasteiger partial charge >= 0.3 is 6.09 Å². The van der Waals surface area contributed by atoms with E-state index in [0.29, 0.717) is 16.8 Å². The van der Waals surface area contributed by atoms with Crippen molar-refractivity contribution >= 4 is 35.6 Å². The fraction of sp³-hybridized carbons (Fsp3) is 0.333. The Morgan fingerprint density at radius 3 is 2.28 bits per heavy atom. The molecule has 0 aliphatic heterocycles. The molecule has 0 bridgehead atoms. The van der Waals surface area contributed by atoms with Crippen molar-refractivity contribution in [3.05, 3.63) is 71.3 Å². The van der Waals surface area contributed by atoms with Crippen LogP contribution in [0.5, 0.6) is 0 Å². The van der Waals surface area contributed by atoms with Crippen molar-refractivity contribution in [1.29, 1.82) is 0 Å². The zero-order valence-corrected chi connectivity index (χ0v) is 23.0. The molecule has 4 N–H and O–H groups in total. The van der Waals surface area contributed by atoms with E-state index >= 15 is 0 Å². The fourth-order valence-corrected chi connectivity index (χ4v) is 3.90. The number of nitrogens with one attached hydrogen (secondary N) is 2. The van der Waals surface area contributed by atoms with Crippen LogP contribution in [0.3, 0.4) is 0 Å². The van der Waals surface area contributed by atoms with Crippen LogP contribution in [0.15, 0.2) is 49.0 Å². The summed E-state index contributed by atoms with van der Waals surface area (Å²) in [6, 6.07) is 12.2. The average Bonchev–Trinajstić information content (AvgIpc) is 2.85. The molecular weight excluding hydrogens is 496 g/mol. The van der Waals surface area contributed by atoms with Gasteiger partial charge in [0.05, 0.1) is 0 Å². The SMILES string of the molecule is C#CN(C(=O)C(CCC(N)=O)NC(=O)OC(C)(C)C)C(C(=O)Nc1c(C)cccc1C)c1cccc(C=C)c1. The van der Waals surface area contributed by atoms with E-state index in [1.807, 2.05) is 32.0 Å². The summed E-state index contributed by atoms with van der Waals surface area (Å²) in [6.07, 6.45) is 6.18. The first-order valence-electron chi connectivity index (χ1n) is 12.4. The topological polar surface area (TPSA) is 131 Å². The molecule has 2 rings (SSSR count). The summed E-state index contributed by atoms with van der Waals surface area (Å²) < 4.78 is 5.29. The standard InChI is InChI=1S/C30H36N4O5/c1-8-21-14-11-15-22(18-21)26(27(36)33-25-19(3)12-10-13-20(25)4)34(9-2)28(37)23(16-17-24(31)35)32-29(38)39-30(5,6)7/h2,8,10-15,18,23,26H,1,16-17H2,3-7H3,(H2,31,35)(H,32,38)(H,33,36). The number of ether oxygens (including phenoxy) is 1. The van der Waals surface area contributed by atoms with E-state index in [2.05, 4.69) is 23.3 Å². The number of anilines is 1.